The predicted octanol–water partition coefficient (Wildman–Crippen LogP) is 1.95. The van der Waals surface area contributed by atoms with Crippen LogP contribution >= 0.6 is 11.6 Å². The number of hydrogen-bond donors (Lipinski definition) is 1. The van der Waals surface area contributed by atoms with Crippen molar-refractivity contribution in [2.45, 2.75) is 19.9 Å². The second-order valence-electron chi connectivity index (χ2n) is 4.15. The van der Waals surface area contributed by atoms with E-state index in [1.165, 1.54) is 0 Å². The highest BCUT2D eigenvalue weighted by Gasteiger charge is 2.16. The van der Waals surface area contributed by atoms with E-state index in [2.05, 4.69) is 0 Å². The van der Waals surface area contributed by atoms with Gasteiger partial charge in [-0.25, -0.2) is 0 Å². The number of hydrogen-bond acceptors (Lipinski definition) is 3. The number of carbonyl (C=O) groups excluding carboxylic acids is 1. The van der Waals surface area contributed by atoms with Crippen LogP contribution in [0.5, 0.6) is 5.75 Å². The topological polar surface area (TPSA) is 49.8 Å². The first-order valence-electron chi connectivity index (χ1n) is 5.83. The highest BCUT2D eigenvalue weighted by molar-refractivity contribution is 6.30. The second-order valence-corrected chi connectivity index (χ2v) is 4.58. The molecular formula is C13H18ClNO3. The zero-order valence-corrected chi connectivity index (χ0v) is 11.4. The molecule has 0 bridgehead atoms. The van der Waals surface area contributed by atoms with Gasteiger partial charge in [0.15, 0.2) is 6.61 Å². The van der Waals surface area contributed by atoms with Crippen molar-refractivity contribution in [3.05, 3.63) is 29.3 Å². The van der Waals surface area contributed by atoms with Gasteiger partial charge in [-0.1, -0.05) is 11.6 Å². The summed E-state index contributed by atoms with van der Waals surface area (Å²) in [7, 11) is 0. The highest BCUT2D eigenvalue weighted by Crippen LogP contribution is 2.15. The molecule has 0 saturated heterocycles. The van der Waals surface area contributed by atoms with Crippen LogP contribution in [0.4, 0.5) is 0 Å². The lowest BCUT2D eigenvalue weighted by atomic mass is 10.3. The lowest BCUT2D eigenvalue weighted by molar-refractivity contribution is -0.135. The predicted molar refractivity (Wildman–Crippen MR) is 70.9 cm³/mol. The Morgan fingerprint density at radius 2 is 2.00 bits per heavy atom. The molecule has 0 aliphatic heterocycles. The SMILES string of the molecule is CC(C)N(CCO)C(=O)COc1ccc(Cl)cc1. The van der Waals surface area contributed by atoms with E-state index in [1.54, 1.807) is 29.2 Å². The van der Waals surface area contributed by atoms with Gasteiger partial charge >= 0.3 is 0 Å². The minimum Gasteiger partial charge on any atom is -0.484 e. The van der Waals surface area contributed by atoms with Gasteiger partial charge in [0.05, 0.1) is 6.61 Å². The van der Waals surface area contributed by atoms with E-state index >= 15 is 0 Å². The van der Waals surface area contributed by atoms with Crippen LogP contribution in [-0.2, 0) is 4.79 Å². The Morgan fingerprint density at radius 1 is 1.39 bits per heavy atom. The van der Waals surface area contributed by atoms with Crippen LogP contribution in [0.15, 0.2) is 24.3 Å². The number of rotatable bonds is 6. The normalized spacial score (nSPS) is 10.5. The first-order valence-corrected chi connectivity index (χ1v) is 6.21. The molecule has 1 N–H and O–H groups in total. The lowest BCUT2D eigenvalue weighted by Crippen LogP contribution is -2.41. The van der Waals surface area contributed by atoms with Crippen LogP contribution in [0.25, 0.3) is 0 Å². The van der Waals surface area contributed by atoms with Crippen LogP contribution in [0, 0.1) is 0 Å². The van der Waals surface area contributed by atoms with E-state index in [9.17, 15) is 4.79 Å². The smallest absolute Gasteiger partial charge is 0.260 e. The van der Waals surface area contributed by atoms with E-state index in [4.69, 9.17) is 21.4 Å². The molecule has 100 valence electrons. The van der Waals surface area contributed by atoms with Gasteiger partial charge < -0.3 is 14.7 Å². The van der Waals surface area contributed by atoms with Crippen LogP contribution in [-0.4, -0.2) is 41.7 Å². The number of nitrogens with zero attached hydrogens (tertiary/aromatic N) is 1. The van der Waals surface area contributed by atoms with Crippen molar-refractivity contribution in [3.63, 3.8) is 0 Å². The summed E-state index contributed by atoms with van der Waals surface area (Å²) < 4.78 is 5.37. The molecule has 4 nitrogen and oxygen atoms in total. The molecule has 1 aromatic carbocycles. The lowest BCUT2D eigenvalue weighted by Gasteiger charge is -2.25. The van der Waals surface area contributed by atoms with Gasteiger partial charge in [0, 0.05) is 17.6 Å². The maximum atomic E-state index is 11.9. The third-order valence-corrected chi connectivity index (χ3v) is 2.71. The molecule has 0 radical (unpaired) electrons. The number of ether oxygens (including phenoxy) is 1. The molecule has 0 saturated carbocycles. The number of carbonyl (C=O) groups is 1. The Bertz CT molecular complexity index is 378. The van der Waals surface area contributed by atoms with Gasteiger partial charge in [-0.2, -0.15) is 0 Å². The van der Waals surface area contributed by atoms with Crippen LogP contribution in [0.2, 0.25) is 5.02 Å². The van der Waals surface area contributed by atoms with Crippen molar-refractivity contribution in [2.75, 3.05) is 19.8 Å². The van der Waals surface area contributed by atoms with Crippen LogP contribution < -0.4 is 4.74 Å². The Kier molecular flexibility index (Phi) is 5.95. The summed E-state index contributed by atoms with van der Waals surface area (Å²) in [6, 6.07) is 6.87. The summed E-state index contributed by atoms with van der Waals surface area (Å²) in [6.07, 6.45) is 0. The molecule has 0 unspecified atom stereocenters. The first-order chi connectivity index (χ1) is 8.54. The molecule has 0 heterocycles. The molecule has 0 aromatic heterocycles. The summed E-state index contributed by atoms with van der Waals surface area (Å²) in [5.74, 6) is 0.453. The van der Waals surface area contributed by atoms with Crippen molar-refractivity contribution < 1.29 is 14.6 Å². The van der Waals surface area contributed by atoms with Crippen LogP contribution in [0.1, 0.15) is 13.8 Å². The zero-order chi connectivity index (χ0) is 13.5. The minimum atomic E-state index is -0.144. The standard InChI is InChI=1S/C13H18ClNO3/c1-10(2)15(7-8-16)13(17)9-18-12-5-3-11(14)4-6-12/h3-6,10,16H,7-9H2,1-2H3. The number of halogens is 1. The molecule has 1 rings (SSSR count). The molecular weight excluding hydrogens is 254 g/mol. The maximum Gasteiger partial charge on any atom is 0.260 e. The molecule has 18 heavy (non-hydrogen) atoms. The maximum absolute atomic E-state index is 11.9. The molecule has 0 atom stereocenters. The quantitative estimate of drug-likeness (QED) is 0.860. The number of aliphatic hydroxyl groups is 1. The summed E-state index contributed by atoms with van der Waals surface area (Å²) in [6.45, 7) is 4.02. The second kappa shape index (κ2) is 7.24. The van der Waals surface area contributed by atoms with Crippen molar-refractivity contribution >= 4 is 17.5 Å². The summed E-state index contributed by atoms with van der Waals surface area (Å²) in [4.78, 5) is 13.5. The van der Waals surface area contributed by atoms with Gasteiger partial charge in [-0.05, 0) is 38.1 Å². The van der Waals surface area contributed by atoms with Gasteiger partial charge in [-0.15, -0.1) is 0 Å². The Hall–Kier alpha value is -1.26. The zero-order valence-electron chi connectivity index (χ0n) is 10.6. The van der Waals surface area contributed by atoms with Crippen molar-refractivity contribution in [3.8, 4) is 5.75 Å². The Morgan fingerprint density at radius 3 is 2.50 bits per heavy atom. The average molecular weight is 272 g/mol. The van der Waals surface area contributed by atoms with Crippen molar-refractivity contribution in [1.82, 2.24) is 4.90 Å². The van der Waals surface area contributed by atoms with Gasteiger partial charge in [0.25, 0.3) is 5.91 Å². The van der Waals surface area contributed by atoms with E-state index < -0.39 is 0 Å². The largest absolute Gasteiger partial charge is 0.484 e. The fourth-order valence-corrected chi connectivity index (χ4v) is 1.66. The third kappa shape index (κ3) is 4.55. The van der Waals surface area contributed by atoms with Gasteiger partial charge in [-0.3, -0.25) is 4.79 Å². The molecule has 0 spiro atoms. The van der Waals surface area contributed by atoms with E-state index in [1.807, 2.05) is 13.8 Å². The molecule has 0 aliphatic rings. The third-order valence-electron chi connectivity index (χ3n) is 2.46. The average Bonchev–Trinajstić information content (AvgIpc) is 2.34. The summed E-state index contributed by atoms with van der Waals surface area (Å²) in [5, 5.41) is 9.52. The molecule has 0 fully saturated rings. The molecule has 1 aromatic rings. The molecule has 5 heteroatoms. The first kappa shape index (κ1) is 14.8. The summed E-state index contributed by atoms with van der Waals surface area (Å²) >= 11 is 5.75. The highest BCUT2D eigenvalue weighted by atomic mass is 35.5. The monoisotopic (exact) mass is 271 g/mol. The Balaban J connectivity index is 2.51. The fourth-order valence-electron chi connectivity index (χ4n) is 1.54. The van der Waals surface area contributed by atoms with E-state index in [-0.39, 0.29) is 25.2 Å². The minimum absolute atomic E-state index is 0.0402. The van der Waals surface area contributed by atoms with Crippen molar-refractivity contribution in [1.29, 1.82) is 0 Å². The molecule has 0 aliphatic carbocycles. The number of amides is 1. The summed E-state index contributed by atoms with van der Waals surface area (Å²) in [5.41, 5.74) is 0. The van der Waals surface area contributed by atoms with E-state index in [0.29, 0.717) is 17.3 Å². The van der Waals surface area contributed by atoms with Gasteiger partial charge in [0.1, 0.15) is 5.75 Å². The fraction of sp³-hybridized carbons (Fsp3) is 0.462. The number of benzene rings is 1. The Labute approximate surface area is 112 Å². The van der Waals surface area contributed by atoms with E-state index in [0.717, 1.165) is 0 Å². The number of aliphatic hydroxyl groups excluding tert-OH is 1. The molecule has 1 amide bonds. The van der Waals surface area contributed by atoms with Crippen LogP contribution in [0.3, 0.4) is 0 Å². The van der Waals surface area contributed by atoms with Crippen molar-refractivity contribution in [2.24, 2.45) is 0 Å². The van der Waals surface area contributed by atoms with Gasteiger partial charge in [0.2, 0.25) is 0 Å².